The van der Waals surface area contributed by atoms with Crippen molar-refractivity contribution in [3.8, 4) is 0 Å². The van der Waals surface area contributed by atoms with Crippen LogP contribution in [-0.2, 0) is 0 Å². The maximum absolute atomic E-state index is 13.5. The maximum atomic E-state index is 13.5. The lowest BCUT2D eigenvalue weighted by Gasteiger charge is -2.31. The molecule has 2 amide bonds. The number of likely N-dealkylation sites (tertiary alicyclic amines) is 1. The molecule has 0 saturated carbocycles. The number of urea groups is 1. The molecule has 0 unspecified atom stereocenters. The molecule has 0 radical (unpaired) electrons. The third-order valence-electron chi connectivity index (χ3n) is 3.84. The SMILES string of the molecule is O=C(Nc1ccccc1F)N1CCC(c2cccs2)CC1. The lowest BCUT2D eigenvalue weighted by Crippen LogP contribution is -2.40. The van der Waals surface area contributed by atoms with Gasteiger partial charge in [0, 0.05) is 18.0 Å². The van der Waals surface area contributed by atoms with E-state index in [0.29, 0.717) is 19.0 Å². The molecule has 1 fully saturated rings. The number of para-hydroxylation sites is 1. The number of benzene rings is 1. The molecule has 1 aromatic heterocycles. The first kappa shape index (κ1) is 14.1. The van der Waals surface area contributed by atoms with Crippen molar-refractivity contribution in [3.63, 3.8) is 0 Å². The van der Waals surface area contributed by atoms with Crippen LogP contribution in [0, 0.1) is 5.82 Å². The monoisotopic (exact) mass is 304 g/mol. The fraction of sp³-hybridized carbons (Fsp3) is 0.312. The van der Waals surface area contributed by atoms with Crippen molar-refractivity contribution in [2.75, 3.05) is 18.4 Å². The van der Waals surface area contributed by atoms with Gasteiger partial charge in [0.1, 0.15) is 5.82 Å². The van der Waals surface area contributed by atoms with Gasteiger partial charge in [-0.05, 0) is 42.3 Å². The molecule has 0 bridgehead atoms. The molecule has 2 aromatic rings. The molecular formula is C16H17FN2OS. The van der Waals surface area contributed by atoms with Gasteiger partial charge in [0.05, 0.1) is 5.69 Å². The molecule has 3 nitrogen and oxygen atoms in total. The van der Waals surface area contributed by atoms with Crippen LogP contribution in [-0.4, -0.2) is 24.0 Å². The van der Waals surface area contributed by atoms with E-state index in [1.54, 1.807) is 34.4 Å². The van der Waals surface area contributed by atoms with Gasteiger partial charge >= 0.3 is 6.03 Å². The van der Waals surface area contributed by atoms with E-state index < -0.39 is 5.82 Å². The van der Waals surface area contributed by atoms with Crippen LogP contribution in [0.2, 0.25) is 0 Å². The molecule has 110 valence electrons. The summed E-state index contributed by atoms with van der Waals surface area (Å²) in [5.41, 5.74) is 0.239. The molecule has 0 aliphatic carbocycles. The van der Waals surface area contributed by atoms with Crippen molar-refractivity contribution < 1.29 is 9.18 Å². The second-order valence-corrected chi connectivity index (χ2v) is 6.17. The van der Waals surface area contributed by atoms with E-state index in [-0.39, 0.29) is 11.7 Å². The Labute approximate surface area is 127 Å². The minimum Gasteiger partial charge on any atom is -0.324 e. The molecule has 1 aliphatic heterocycles. The van der Waals surface area contributed by atoms with Gasteiger partial charge in [0.2, 0.25) is 0 Å². The molecule has 1 saturated heterocycles. The minimum atomic E-state index is -0.403. The Bertz CT molecular complexity index is 606. The van der Waals surface area contributed by atoms with Crippen LogP contribution >= 0.6 is 11.3 Å². The molecule has 0 atom stereocenters. The van der Waals surface area contributed by atoms with Crippen molar-refractivity contribution in [2.45, 2.75) is 18.8 Å². The molecule has 0 spiro atoms. The van der Waals surface area contributed by atoms with E-state index in [2.05, 4.69) is 22.8 Å². The van der Waals surface area contributed by atoms with Gasteiger partial charge in [-0.25, -0.2) is 9.18 Å². The highest BCUT2D eigenvalue weighted by Crippen LogP contribution is 2.31. The zero-order valence-corrected chi connectivity index (χ0v) is 12.4. The quantitative estimate of drug-likeness (QED) is 0.881. The van der Waals surface area contributed by atoms with Crippen LogP contribution in [0.4, 0.5) is 14.9 Å². The van der Waals surface area contributed by atoms with Crippen molar-refractivity contribution >= 4 is 23.1 Å². The van der Waals surface area contributed by atoms with Crippen LogP contribution in [0.25, 0.3) is 0 Å². The number of halogens is 1. The van der Waals surface area contributed by atoms with E-state index in [1.807, 2.05) is 0 Å². The summed E-state index contributed by atoms with van der Waals surface area (Å²) in [5.74, 6) is 0.141. The van der Waals surface area contributed by atoms with Crippen molar-refractivity contribution in [1.82, 2.24) is 4.90 Å². The first-order valence-electron chi connectivity index (χ1n) is 7.08. The summed E-state index contributed by atoms with van der Waals surface area (Å²) in [5, 5.41) is 4.73. The van der Waals surface area contributed by atoms with Crippen LogP contribution in [0.3, 0.4) is 0 Å². The fourth-order valence-electron chi connectivity index (χ4n) is 2.65. The largest absolute Gasteiger partial charge is 0.324 e. The lowest BCUT2D eigenvalue weighted by atomic mass is 9.95. The van der Waals surface area contributed by atoms with Gasteiger partial charge < -0.3 is 10.2 Å². The summed E-state index contributed by atoms with van der Waals surface area (Å²) in [4.78, 5) is 15.3. The Balaban J connectivity index is 1.57. The van der Waals surface area contributed by atoms with Crippen molar-refractivity contribution in [3.05, 3.63) is 52.5 Å². The summed E-state index contributed by atoms with van der Waals surface area (Å²) < 4.78 is 13.5. The Morgan fingerprint density at radius 3 is 2.62 bits per heavy atom. The molecule has 1 aromatic carbocycles. The zero-order valence-electron chi connectivity index (χ0n) is 11.6. The summed E-state index contributed by atoms with van der Waals surface area (Å²) in [6.45, 7) is 1.42. The number of carbonyl (C=O) groups is 1. The highest BCUT2D eigenvalue weighted by atomic mass is 32.1. The van der Waals surface area contributed by atoms with E-state index in [1.165, 1.54) is 10.9 Å². The summed E-state index contributed by atoms with van der Waals surface area (Å²) in [6, 6.07) is 10.2. The number of nitrogens with one attached hydrogen (secondary N) is 1. The van der Waals surface area contributed by atoms with Crippen molar-refractivity contribution in [2.24, 2.45) is 0 Å². The minimum absolute atomic E-state index is 0.218. The average Bonchev–Trinajstić information content (AvgIpc) is 3.04. The number of amides is 2. The first-order chi connectivity index (χ1) is 10.2. The molecule has 5 heteroatoms. The van der Waals surface area contributed by atoms with Crippen molar-refractivity contribution in [1.29, 1.82) is 0 Å². The molecule has 21 heavy (non-hydrogen) atoms. The number of hydrogen-bond donors (Lipinski definition) is 1. The normalized spacial score (nSPS) is 16.0. The second-order valence-electron chi connectivity index (χ2n) is 5.19. The Kier molecular flexibility index (Phi) is 4.20. The highest BCUT2D eigenvalue weighted by molar-refractivity contribution is 7.10. The second kappa shape index (κ2) is 6.26. The predicted molar refractivity (Wildman–Crippen MR) is 83.3 cm³/mol. The van der Waals surface area contributed by atoms with E-state index >= 15 is 0 Å². The smallest absolute Gasteiger partial charge is 0.321 e. The van der Waals surface area contributed by atoms with E-state index in [4.69, 9.17) is 0 Å². The van der Waals surface area contributed by atoms with Gasteiger partial charge in [-0.3, -0.25) is 0 Å². The standard InChI is InChI=1S/C16H17FN2OS/c17-13-4-1-2-5-14(13)18-16(20)19-9-7-12(8-10-19)15-6-3-11-21-15/h1-6,11-12H,7-10H2,(H,18,20). The van der Waals surface area contributed by atoms with E-state index in [9.17, 15) is 9.18 Å². The number of piperidine rings is 1. The Morgan fingerprint density at radius 2 is 1.95 bits per heavy atom. The van der Waals surface area contributed by atoms with Crippen LogP contribution in [0.1, 0.15) is 23.6 Å². The van der Waals surface area contributed by atoms with Gasteiger partial charge in [-0.1, -0.05) is 18.2 Å². The van der Waals surface area contributed by atoms with Gasteiger partial charge in [-0.2, -0.15) is 0 Å². The number of anilines is 1. The molecular weight excluding hydrogens is 287 g/mol. The summed E-state index contributed by atoms with van der Waals surface area (Å²) in [7, 11) is 0. The summed E-state index contributed by atoms with van der Waals surface area (Å²) in [6.07, 6.45) is 1.93. The first-order valence-corrected chi connectivity index (χ1v) is 7.96. The maximum Gasteiger partial charge on any atom is 0.321 e. The number of hydrogen-bond acceptors (Lipinski definition) is 2. The molecule has 1 N–H and O–H groups in total. The van der Waals surface area contributed by atoms with E-state index in [0.717, 1.165) is 12.8 Å². The van der Waals surface area contributed by atoms with Crippen LogP contribution in [0.5, 0.6) is 0 Å². The fourth-order valence-corrected chi connectivity index (χ4v) is 3.55. The number of carbonyl (C=O) groups excluding carboxylic acids is 1. The zero-order chi connectivity index (χ0) is 14.7. The summed E-state index contributed by atoms with van der Waals surface area (Å²) >= 11 is 1.77. The van der Waals surface area contributed by atoms with Crippen LogP contribution < -0.4 is 5.32 Å². The number of thiophene rings is 1. The lowest BCUT2D eigenvalue weighted by molar-refractivity contribution is 0.195. The van der Waals surface area contributed by atoms with Gasteiger partial charge in [-0.15, -0.1) is 11.3 Å². The number of nitrogens with zero attached hydrogens (tertiary/aromatic N) is 1. The topological polar surface area (TPSA) is 32.3 Å². The Morgan fingerprint density at radius 1 is 1.19 bits per heavy atom. The van der Waals surface area contributed by atoms with Gasteiger partial charge in [0.25, 0.3) is 0 Å². The highest BCUT2D eigenvalue weighted by Gasteiger charge is 2.24. The molecule has 2 heterocycles. The molecule has 3 rings (SSSR count). The Hall–Kier alpha value is -1.88. The third-order valence-corrected chi connectivity index (χ3v) is 4.88. The van der Waals surface area contributed by atoms with Gasteiger partial charge in [0.15, 0.2) is 0 Å². The van der Waals surface area contributed by atoms with Crippen LogP contribution in [0.15, 0.2) is 41.8 Å². The predicted octanol–water partition coefficient (Wildman–Crippen LogP) is 4.30. The average molecular weight is 304 g/mol. The molecule has 1 aliphatic rings. The third kappa shape index (κ3) is 3.24. The number of rotatable bonds is 2.